The number of hydrogen-bond acceptors (Lipinski definition) is 5. The van der Waals surface area contributed by atoms with E-state index in [1.54, 1.807) is 11.3 Å². The molecule has 26 heavy (non-hydrogen) atoms. The number of hydrogen-bond donors (Lipinski definition) is 2. The predicted octanol–water partition coefficient (Wildman–Crippen LogP) is 5.08. The molecule has 1 aliphatic rings. The van der Waals surface area contributed by atoms with Gasteiger partial charge in [-0.1, -0.05) is 18.2 Å². The van der Waals surface area contributed by atoms with Crippen LogP contribution in [0.2, 0.25) is 0 Å². The molecule has 0 bridgehead atoms. The van der Waals surface area contributed by atoms with Crippen molar-refractivity contribution in [3.05, 3.63) is 42.6 Å². The fourth-order valence-corrected chi connectivity index (χ4v) is 5.29. The maximum atomic E-state index is 4.80. The first-order chi connectivity index (χ1) is 12.3. The second kappa shape index (κ2) is 6.32. The Bertz CT molecular complexity index is 879. The van der Waals surface area contributed by atoms with E-state index in [0.29, 0.717) is 6.04 Å². The Morgan fingerprint density at radius 1 is 1.08 bits per heavy atom. The van der Waals surface area contributed by atoms with Crippen molar-refractivity contribution in [1.29, 1.82) is 0 Å². The van der Waals surface area contributed by atoms with Gasteiger partial charge in [-0.2, -0.15) is 0 Å². The third kappa shape index (κ3) is 3.74. The highest BCUT2D eigenvalue weighted by atomic mass is 32.1. The van der Waals surface area contributed by atoms with E-state index in [9.17, 15) is 0 Å². The van der Waals surface area contributed by atoms with Crippen LogP contribution in [0.4, 0.5) is 5.82 Å². The molecule has 4 nitrogen and oxygen atoms in total. The minimum absolute atomic E-state index is 0.112. The van der Waals surface area contributed by atoms with Crippen LogP contribution in [-0.4, -0.2) is 27.1 Å². The van der Waals surface area contributed by atoms with Crippen molar-refractivity contribution in [3.8, 4) is 10.7 Å². The molecule has 0 spiro atoms. The standard InChI is InChI=1S/C21H26N4S/c1-20(2)12-15(13-21(3,4)25-20)23-18-9-10-22-19(24-18)17-11-14-7-5-6-8-16(14)26-17/h5-11,15,25H,12-13H2,1-4H3,(H,22,23,24). The van der Waals surface area contributed by atoms with Crippen molar-refractivity contribution in [2.45, 2.75) is 57.7 Å². The second-order valence-electron chi connectivity index (χ2n) is 8.56. The van der Waals surface area contributed by atoms with Crippen LogP contribution in [-0.2, 0) is 0 Å². The molecule has 2 N–H and O–H groups in total. The number of aromatic nitrogens is 2. The van der Waals surface area contributed by atoms with Gasteiger partial charge in [0.25, 0.3) is 0 Å². The molecule has 0 radical (unpaired) electrons. The molecule has 136 valence electrons. The van der Waals surface area contributed by atoms with E-state index < -0.39 is 0 Å². The second-order valence-corrected chi connectivity index (χ2v) is 9.64. The summed E-state index contributed by atoms with van der Waals surface area (Å²) in [5.41, 5.74) is 0.224. The zero-order valence-electron chi connectivity index (χ0n) is 15.8. The highest BCUT2D eigenvalue weighted by molar-refractivity contribution is 7.22. The van der Waals surface area contributed by atoms with Crippen molar-refractivity contribution >= 4 is 27.2 Å². The van der Waals surface area contributed by atoms with Gasteiger partial charge in [0.2, 0.25) is 0 Å². The number of nitrogens with zero attached hydrogens (tertiary/aromatic N) is 2. The van der Waals surface area contributed by atoms with Crippen LogP contribution in [0, 0.1) is 0 Å². The molecular weight excluding hydrogens is 340 g/mol. The Morgan fingerprint density at radius 3 is 2.54 bits per heavy atom. The van der Waals surface area contributed by atoms with Gasteiger partial charge >= 0.3 is 0 Å². The molecule has 1 aliphatic heterocycles. The summed E-state index contributed by atoms with van der Waals surface area (Å²) < 4.78 is 1.27. The fraction of sp³-hybridized carbons (Fsp3) is 0.429. The van der Waals surface area contributed by atoms with Gasteiger partial charge in [-0.25, -0.2) is 9.97 Å². The molecule has 0 saturated carbocycles. The topological polar surface area (TPSA) is 49.8 Å². The Labute approximate surface area is 159 Å². The number of benzene rings is 1. The van der Waals surface area contributed by atoms with E-state index in [4.69, 9.17) is 4.98 Å². The van der Waals surface area contributed by atoms with E-state index in [1.165, 1.54) is 10.1 Å². The summed E-state index contributed by atoms with van der Waals surface area (Å²) in [4.78, 5) is 10.4. The monoisotopic (exact) mass is 366 g/mol. The number of anilines is 1. The SMILES string of the molecule is CC1(C)CC(Nc2ccnc(-c3cc4ccccc4s3)n2)CC(C)(C)N1. The van der Waals surface area contributed by atoms with Crippen LogP contribution in [0.3, 0.4) is 0 Å². The van der Waals surface area contributed by atoms with Gasteiger partial charge in [0.1, 0.15) is 5.82 Å². The molecular formula is C21H26N4S. The Hall–Kier alpha value is -1.98. The first kappa shape index (κ1) is 17.4. The third-order valence-electron chi connectivity index (χ3n) is 4.84. The molecule has 1 fully saturated rings. The average Bonchev–Trinajstić information content (AvgIpc) is 2.96. The van der Waals surface area contributed by atoms with Crippen LogP contribution in [0.1, 0.15) is 40.5 Å². The first-order valence-corrected chi connectivity index (χ1v) is 9.99. The lowest BCUT2D eigenvalue weighted by Crippen LogP contribution is -2.60. The van der Waals surface area contributed by atoms with Crippen molar-refractivity contribution in [3.63, 3.8) is 0 Å². The lowest BCUT2D eigenvalue weighted by molar-refractivity contribution is 0.170. The quantitative estimate of drug-likeness (QED) is 0.679. The Kier molecular flexibility index (Phi) is 4.24. The fourth-order valence-electron chi connectivity index (χ4n) is 4.28. The molecule has 1 saturated heterocycles. The summed E-state index contributed by atoms with van der Waals surface area (Å²) in [6.45, 7) is 9.08. The van der Waals surface area contributed by atoms with Gasteiger partial charge in [-0.15, -0.1) is 11.3 Å². The summed E-state index contributed by atoms with van der Waals surface area (Å²) in [6, 6.07) is 13.0. The molecule has 3 heterocycles. The minimum atomic E-state index is 0.112. The summed E-state index contributed by atoms with van der Waals surface area (Å²) >= 11 is 1.74. The highest BCUT2D eigenvalue weighted by Gasteiger charge is 2.37. The zero-order valence-corrected chi connectivity index (χ0v) is 16.7. The zero-order chi connectivity index (χ0) is 18.4. The van der Waals surface area contributed by atoms with Crippen LogP contribution >= 0.6 is 11.3 Å². The largest absolute Gasteiger partial charge is 0.367 e. The molecule has 3 aromatic rings. The van der Waals surface area contributed by atoms with Crippen LogP contribution < -0.4 is 10.6 Å². The van der Waals surface area contributed by atoms with Gasteiger partial charge in [0.15, 0.2) is 5.82 Å². The summed E-state index contributed by atoms with van der Waals surface area (Å²) in [6.07, 6.45) is 3.99. The summed E-state index contributed by atoms with van der Waals surface area (Å²) in [5, 5.41) is 8.62. The van der Waals surface area contributed by atoms with Crippen LogP contribution in [0.15, 0.2) is 42.6 Å². The first-order valence-electron chi connectivity index (χ1n) is 9.18. The number of fused-ring (bicyclic) bond motifs is 1. The number of nitrogens with one attached hydrogen (secondary N) is 2. The summed E-state index contributed by atoms with van der Waals surface area (Å²) in [5.74, 6) is 1.70. The molecule has 1 aromatic carbocycles. The number of piperidine rings is 1. The van der Waals surface area contributed by atoms with Gasteiger partial charge in [0, 0.05) is 28.0 Å². The normalized spacial score (nSPS) is 19.5. The van der Waals surface area contributed by atoms with Crippen LogP contribution in [0.5, 0.6) is 0 Å². The Balaban J connectivity index is 1.58. The molecule has 5 heteroatoms. The molecule has 0 atom stereocenters. The highest BCUT2D eigenvalue weighted by Crippen LogP contribution is 2.33. The third-order valence-corrected chi connectivity index (χ3v) is 5.96. The van der Waals surface area contributed by atoms with Gasteiger partial charge in [0.05, 0.1) is 4.88 Å². The van der Waals surface area contributed by atoms with E-state index in [-0.39, 0.29) is 11.1 Å². The van der Waals surface area contributed by atoms with Crippen molar-refractivity contribution < 1.29 is 0 Å². The minimum Gasteiger partial charge on any atom is -0.367 e. The average molecular weight is 367 g/mol. The summed E-state index contributed by atoms with van der Waals surface area (Å²) in [7, 11) is 0. The van der Waals surface area contributed by atoms with E-state index >= 15 is 0 Å². The van der Waals surface area contributed by atoms with Gasteiger partial charge in [-0.05, 0) is 64.1 Å². The molecule has 2 aromatic heterocycles. The molecule has 0 aliphatic carbocycles. The lowest BCUT2D eigenvalue weighted by atomic mass is 9.79. The smallest absolute Gasteiger partial charge is 0.171 e. The van der Waals surface area contributed by atoms with E-state index in [2.05, 4.69) is 73.6 Å². The Morgan fingerprint density at radius 2 is 1.81 bits per heavy atom. The lowest BCUT2D eigenvalue weighted by Gasteiger charge is -2.46. The van der Waals surface area contributed by atoms with Gasteiger partial charge in [-0.3, -0.25) is 0 Å². The number of thiophene rings is 1. The van der Waals surface area contributed by atoms with E-state index in [1.807, 2.05) is 12.3 Å². The van der Waals surface area contributed by atoms with Gasteiger partial charge < -0.3 is 10.6 Å². The molecule has 4 rings (SSSR count). The maximum absolute atomic E-state index is 4.80. The predicted molar refractivity (Wildman–Crippen MR) is 111 cm³/mol. The van der Waals surface area contributed by atoms with Crippen molar-refractivity contribution in [2.75, 3.05) is 5.32 Å². The van der Waals surface area contributed by atoms with Crippen LogP contribution in [0.25, 0.3) is 20.8 Å². The molecule has 0 amide bonds. The van der Waals surface area contributed by atoms with E-state index in [0.717, 1.165) is 29.4 Å². The maximum Gasteiger partial charge on any atom is 0.171 e. The van der Waals surface area contributed by atoms with Crippen molar-refractivity contribution in [2.24, 2.45) is 0 Å². The number of rotatable bonds is 3. The molecule has 0 unspecified atom stereocenters. The van der Waals surface area contributed by atoms with Crippen molar-refractivity contribution in [1.82, 2.24) is 15.3 Å².